The number of hydrogen-bond acceptors (Lipinski definition) is 8. The third-order valence-electron chi connectivity index (χ3n) is 4.54. The zero-order valence-electron chi connectivity index (χ0n) is 14.3. The highest BCUT2D eigenvalue weighted by molar-refractivity contribution is 5.92. The molecule has 1 amide bonds. The summed E-state index contributed by atoms with van der Waals surface area (Å²) in [5.41, 5.74) is -0.269. The molecule has 2 fully saturated rings. The summed E-state index contributed by atoms with van der Waals surface area (Å²) in [6, 6.07) is 0. The normalized spacial score (nSPS) is 23.7. The summed E-state index contributed by atoms with van der Waals surface area (Å²) in [4.78, 5) is 33.2. The minimum absolute atomic E-state index is 0.143. The summed E-state index contributed by atoms with van der Waals surface area (Å²) in [7, 11) is 0. The first-order valence-corrected chi connectivity index (χ1v) is 8.54. The molecule has 1 unspecified atom stereocenters. The first-order chi connectivity index (χ1) is 12.8. The van der Waals surface area contributed by atoms with Gasteiger partial charge in [0.2, 0.25) is 0 Å². The van der Waals surface area contributed by atoms with Crippen LogP contribution in [0.4, 0.5) is 5.82 Å². The monoisotopic (exact) mass is 356 g/mol. The van der Waals surface area contributed by atoms with Crippen LogP contribution in [0.15, 0.2) is 37.2 Å². The van der Waals surface area contributed by atoms with E-state index in [0.717, 1.165) is 5.82 Å². The van der Waals surface area contributed by atoms with Crippen molar-refractivity contribution in [1.29, 1.82) is 0 Å². The summed E-state index contributed by atoms with van der Waals surface area (Å²) < 4.78 is 11.9. The fraction of sp³-hybridized carbons (Fsp3) is 0.471. The number of carbonyl (C=O) groups is 1. The smallest absolute Gasteiger partial charge is 0.274 e. The molecule has 9 heteroatoms. The zero-order chi connectivity index (χ0) is 17.8. The molecule has 2 aliphatic heterocycles. The number of nitrogens with zero attached hydrogens (tertiary/aromatic N) is 6. The summed E-state index contributed by atoms with van der Waals surface area (Å²) in [5.74, 6) is 0.634. The number of amides is 1. The number of morpholine rings is 1. The molecule has 4 heterocycles. The van der Waals surface area contributed by atoms with Gasteiger partial charge in [-0.1, -0.05) is 0 Å². The van der Waals surface area contributed by atoms with Crippen molar-refractivity contribution in [1.82, 2.24) is 24.8 Å². The van der Waals surface area contributed by atoms with Crippen molar-refractivity contribution in [2.45, 2.75) is 5.60 Å². The Labute approximate surface area is 151 Å². The van der Waals surface area contributed by atoms with Gasteiger partial charge in [0, 0.05) is 37.9 Å². The molecule has 0 aromatic carbocycles. The van der Waals surface area contributed by atoms with Gasteiger partial charge in [0.25, 0.3) is 5.91 Å². The number of carbonyl (C=O) groups excluding carboxylic acids is 1. The van der Waals surface area contributed by atoms with Gasteiger partial charge in [-0.05, 0) is 0 Å². The van der Waals surface area contributed by atoms with Crippen LogP contribution in [0.1, 0.15) is 10.5 Å². The second kappa shape index (κ2) is 7.30. The summed E-state index contributed by atoms with van der Waals surface area (Å²) in [5, 5.41) is 0. The van der Waals surface area contributed by atoms with E-state index in [1.54, 1.807) is 29.7 Å². The highest BCUT2D eigenvalue weighted by atomic mass is 16.5. The fourth-order valence-corrected chi connectivity index (χ4v) is 3.33. The number of aromatic nitrogens is 4. The molecule has 1 atom stereocenters. The molecule has 0 aliphatic carbocycles. The van der Waals surface area contributed by atoms with Crippen LogP contribution in [-0.2, 0) is 9.47 Å². The molecule has 2 aromatic rings. The van der Waals surface area contributed by atoms with Gasteiger partial charge in [0.1, 0.15) is 17.1 Å². The van der Waals surface area contributed by atoms with E-state index in [1.165, 1.54) is 12.4 Å². The van der Waals surface area contributed by atoms with Crippen molar-refractivity contribution in [3.63, 3.8) is 0 Å². The Morgan fingerprint density at radius 3 is 2.62 bits per heavy atom. The van der Waals surface area contributed by atoms with E-state index in [9.17, 15) is 4.79 Å². The van der Waals surface area contributed by atoms with Crippen LogP contribution in [0.3, 0.4) is 0 Å². The predicted octanol–water partition coefficient (Wildman–Crippen LogP) is 0.0146. The standard InChI is InChI=1S/C17H20N6O3/c24-16(14-9-18-1-3-20-14)23-6-8-26-17(12-23)11-22(5-7-25-13-17)15-10-19-2-4-21-15/h1-4,9-10H,5-8,11-13H2. The van der Waals surface area contributed by atoms with Gasteiger partial charge in [-0.25, -0.2) is 9.97 Å². The molecule has 1 spiro atoms. The number of hydrogen-bond donors (Lipinski definition) is 0. The van der Waals surface area contributed by atoms with Crippen LogP contribution in [0.25, 0.3) is 0 Å². The topological polar surface area (TPSA) is 93.6 Å². The third-order valence-corrected chi connectivity index (χ3v) is 4.54. The molecule has 0 saturated carbocycles. The second-order valence-corrected chi connectivity index (χ2v) is 6.39. The van der Waals surface area contributed by atoms with E-state index in [-0.39, 0.29) is 5.91 Å². The summed E-state index contributed by atoms with van der Waals surface area (Å²) in [6.07, 6.45) is 9.60. The molecule has 0 N–H and O–H groups in total. The fourth-order valence-electron chi connectivity index (χ4n) is 3.33. The van der Waals surface area contributed by atoms with Gasteiger partial charge >= 0.3 is 0 Å². The third kappa shape index (κ3) is 3.49. The summed E-state index contributed by atoms with van der Waals surface area (Å²) >= 11 is 0. The number of ether oxygens (including phenoxy) is 2. The van der Waals surface area contributed by atoms with Crippen LogP contribution in [-0.4, -0.2) is 82.3 Å². The van der Waals surface area contributed by atoms with Crippen LogP contribution in [0.5, 0.6) is 0 Å². The number of anilines is 1. The van der Waals surface area contributed by atoms with Gasteiger partial charge in [-0.3, -0.25) is 14.8 Å². The SMILES string of the molecule is O=C(c1cnccn1)N1CCOC2(COCCN(c3cnccn3)C2)C1. The number of rotatable bonds is 2. The Morgan fingerprint density at radius 1 is 1.00 bits per heavy atom. The Balaban J connectivity index is 1.53. The maximum atomic E-state index is 12.8. The predicted molar refractivity (Wildman–Crippen MR) is 91.7 cm³/mol. The molecule has 4 rings (SSSR count). The minimum Gasteiger partial charge on any atom is -0.376 e. The molecule has 2 aromatic heterocycles. The van der Waals surface area contributed by atoms with Crippen LogP contribution < -0.4 is 4.90 Å². The molecule has 2 aliphatic rings. The Bertz CT molecular complexity index is 747. The van der Waals surface area contributed by atoms with Gasteiger partial charge in [0.15, 0.2) is 0 Å². The Morgan fingerprint density at radius 2 is 1.85 bits per heavy atom. The van der Waals surface area contributed by atoms with Crippen molar-refractivity contribution in [2.75, 3.05) is 50.9 Å². The first kappa shape index (κ1) is 16.8. The lowest BCUT2D eigenvalue weighted by Crippen LogP contribution is -2.60. The average Bonchev–Trinajstić information content (AvgIpc) is 2.91. The van der Waals surface area contributed by atoms with Crippen LogP contribution in [0, 0.1) is 0 Å². The van der Waals surface area contributed by atoms with Gasteiger partial charge in [-0.15, -0.1) is 0 Å². The lowest BCUT2D eigenvalue weighted by atomic mass is 10.0. The second-order valence-electron chi connectivity index (χ2n) is 6.39. The van der Waals surface area contributed by atoms with Crippen molar-refractivity contribution in [3.05, 3.63) is 42.9 Å². The van der Waals surface area contributed by atoms with Gasteiger partial charge in [0.05, 0.1) is 45.3 Å². The maximum Gasteiger partial charge on any atom is 0.274 e. The molecule has 136 valence electrons. The largest absolute Gasteiger partial charge is 0.376 e. The lowest BCUT2D eigenvalue weighted by molar-refractivity contribution is -0.124. The Kier molecular flexibility index (Phi) is 4.72. The van der Waals surface area contributed by atoms with Gasteiger partial charge in [-0.2, -0.15) is 0 Å². The first-order valence-electron chi connectivity index (χ1n) is 8.54. The lowest BCUT2D eigenvalue weighted by Gasteiger charge is -2.43. The molecule has 0 bridgehead atoms. The van der Waals surface area contributed by atoms with E-state index in [4.69, 9.17) is 9.47 Å². The summed E-state index contributed by atoms with van der Waals surface area (Å²) in [6.45, 7) is 3.66. The highest BCUT2D eigenvalue weighted by Gasteiger charge is 2.42. The van der Waals surface area contributed by atoms with E-state index in [1.807, 2.05) is 0 Å². The van der Waals surface area contributed by atoms with Crippen molar-refractivity contribution in [3.8, 4) is 0 Å². The minimum atomic E-state index is -0.607. The van der Waals surface area contributed by atoms with Crippen molar-refractivity contribution in [2.24, 2.45) is 0 Å². The molecule has 2 saturated heterocycles. The van der Waals surface area contributed by atoms with E-state index >= 15 is 0 Å². The van der Waals surface area contributed by atoms with Crippen LogP contribution in [0.2, 0.25) is 0 Å². The van der Waals surface area contributed by atoms with E-state index in [2.05, 4.69) is 24.8 Å². The average molecular weight is 356 g/mol. The maximum absolute atomic E-state index is 12.8. The highest BCUT2D eigenvalue weighted by Crippen LogP contribution is 2.25. The molecule has 26 heavy (non-hydrogen) atoms. The molecular formula is C17H20N6O3. The zero-order valence-corrected chi connectivity index (χ0v) is 14.3. The quantitative estimate of drug-likeness (QED) is 0.743. The molecular weight excluding hydrogens is 336 g/mol. The van der Waals surface area contributed by atoms with E-state index in [0.29, 0.717) is 51.7 Å². The Hall–Kier alpha value is -2.65. The van der Waals surface area contributed by atoms with Crippen LogP contribution >= 0.6 is 0 Å². The van der Waals surface area contributed by atoms with E-state index < -0.39 is 5.60 Å². The molecule has 9 nitrogen and oxygen atoms in total. The van der Waals surface area contributed by atoms with Crippen molar-refractivity contribution >= 4 is 11.7 Å². The van der Waals surface area contributed by atoms with Gasteiger partial charge < -0.3 is 19.3 Å². The molecule has 0 radical (unpaired) electrons. The van der Waals surface area contributed by atoms with Crippen molar-refractivity contribution < 1.29 is 14.3 Å².